The van der Waals surface area contributed by atoms with E-state index in [1.807, 2.05) is 69.3 Å². The number of benzene rings is 2. The highest BCUT2D eigenvalue weighted by atomic mass is 127. The van der Waals surface area contributed by atoms with E-state index in [4.69, 9.17) is 4.74 Å². The minimum absolute atomic E-state index is 0.00825. The number of carbonyl (C=O) groups is 2. The summed E-state index contributed by atoms with van der Waals surface area (Å²) in [5, 5.41) is 2.88. The molecule has 5 nitrogen and oxygen atoms in total. The van der Waals surface area contributed by atoms with Crippen LogP contribution in [0.2, 0.25) is 0 Å². The van der Waals surface area contributed by atoms with Gasteiger partial charge in [-0.1, -0.05) is 29.8 Å². The van der Waals surface area contributed by atoms with Crippen molar-refractivity contribution < 1.29 is 14.3 Å². The largest absolute Gasteiger partial charge is 0.484 e. The van der Waals surface area contributed by atoms with Gasteiger partial charge in [-0.05, 0) is 80.1 Å². The molecule has 2 amide bonds. The fraction of sp³-hybridized carbons (Fsp3) is 0.364. The van der Waals surface area contributed by atoms with Crippen LogP contribution in [0.25, 0.3) is 0 Å². The number of halogens is 1. The molecule has 0 aromatic heterocycles. The van der Waals surface area contributed by atoms with Crippen molar-refractivity contribution in [3.63, 3.8) is 0 Å². The van der Waals surface area contributed by atoms with E-state index in [2.05, 4.69) is 27.9 Å². The van der Waals surface area contributed by atoms with E-state index in [0.717, 1.165) is 14.7 Å². The molecule has 2 aromatic carbocycles. The van der Waals surface area contributed by atoms with Gasteiger partial charge < -0.3 is 15.0 Å². The predicted octanol–water partition coefficient (Wildman–Crippen LogP) is 3.92. The average molecular weight is 494 g/mol. The number of nitrogens with one attached hydrogen (secondary N) is 1. The van der Waals surface area contributed by atoms with Crippen LogP contribution in [0.15, 0.2) is 48.5 Å². The fourth-order valence-electron chi connectivity index (χ4n) is 2.75. The number of nitrogens with zero attached hydrogens (tertiary/aromatic N) is 1. The summed E-state index contributed by atoms with van der Waals surface area (Å²) in [5.41, 5.74) is 2.09. The predicted molar refractivity (Wildman–Crippen MR) is 119 cm³/mol. The molecule has 0 spiro atoms. The molecule has 0 saturated heterocycles. The van der Waals surface area contributed by atoms with Crippen molar-refractivity contribution in [1.82, 2.24) is 10.2 Å². The van der Waals surface area contributed by atoms with Crippen LogP contribution < -0.4 is 10.1 Å². The van der Waals surface area contributed by atoms with Gasteiger partial charge >= 0.3 is 0 Å². The lowest BCUT2D eigenvalue weighted by molar-refractivity contribution is -0.142. The van der Waals surface area contributed by atoms with Crippen molar-refractivity contribution in [3.8, 4) is 5.75 Å². The van der Waals surface area contributed by atoms with Gasteiger partial charge in [-0.25, -0.2) is 0 Å². The van der Waals surface area contributed by atoms with Gasteiger partial charge in [0, 0.05) is 16.2 Å². The highest BCUT2D eigenvalue weighted by Crippen LogP contribution is 2.15. The Bertz CT molecular complexity index is 806. The molecule has 0 fully saturated rings. The van der Waals surface area contributed by atoms with Crippen LogP contribution in [-0.2, 0) is 16.1 Å². The second-order valence-electron chi connectivity index (χ2n) is 7.09. The summed E-state index contributed by atoms with van der Waals surface area (Å²) in [7, 11) is 0. The summed E-state index contributed by atoms with van der Waals surface area (Å²) in [6.07, 6.45) is 0. The molecular formula is C22H27IN2O3. The topological polar surface area (TPSA) is 58.6 Å². The van der Waals surface area contributed by atoms with Gasteiger partial charge in [-0.3, -0.25) is 9.59 Å². The molecule has 2 aromatic rings. The molecule has 0 saturated carbocycles. The van der Waals surface area contributed by atoms with Crippen molar-refractivity contribution in [2.24, 2.45) is 0 Å². The minimum Gasteiger partial charge on any atom is -0.484 e. The van der Waals surface area contributed by atoms with Crippen molar-refractivity contribution in [3.05, 3.63) is 63.2 Å². The Morgan fingerprint density at radius 1 is 1.11 bits per heavy atom. The minimum atomic E-state index is -0.601. The Morgan fingerprint density at radius 3 is 2.39 bits per heavy atom. The van der Waals surface area contributed by atoms with Gasteiger partial charge in [0.1, 0.15) is 11.8 Å². The summed E-state index contributed by atoms with van der Waals surface area (Å²) in [4.78, 5) is 27.0. The molecule has 1 atom stereocenters. The van der Waals surface area contributed by atoms with Gasteiger partial charge in [0.15, 0.2) is 6.61 Å². The number of rotatable bonds is 8. The molecule has 2 rings (SSSR count). The van der Waals surface area contributed by atoms with Crippen LogP contribution in [0.5, 0.6) is 5.75 Å². The van der Waals surface area contributed by atoms with Crippen molar-refractivity contribution in [1.29, 1.82) is 0 Å². The van der Waals surface area contributed by atoms with Crippen LogP contribution in [0.4, 0.5) is 0 Å². The molecule has 28 heavy (non-hydrogen) atoms. The second-order valence-corrected chi connectivity index (χ2v) is 8.34. The molecule has 6 heteroatoms. The van der Waals surface area contributed by atoms with Crippen LogP contribution >= 0.6 is 22.6 Å². The number of ether oxygens (including phenoxy) is 1. The number of carbonyl (C=O) groups excluding carboxylic acids is 2. The first-order valence-corrected chi connectivity index (χ1v) is 10.4. The third-order valence-corrected chi connectivity index (χ3v) is 4.93. The molecule has 0 radical (unpaired) electrons. The Balaban J connectivity index is 2.14. The Hall–Kier alpha value is -2.09. The van der Waals surface area contributed by atoms with E-state index in [9.17, 15) is 9.59 Å². The zero-order chi connectivity index (χ0) is 20.7. The van der Waals surface area contributed by atoms with Gasteiger partial charge in [0.2, 0.25) is 5.91 Å². The zero-order valence-corrected chi connectivity index (χ0v) is 18.9. The lowest BCUT2D eigenvalue weighted by Gasteiger charge is -2.29. The quantitative estimate of drug-likeness (QED) is 0.567. The van der Waals surface area contributed by atoms with E-state index >= 15 is 0 Å². The SMILES string of the molecule is Cc1cccc(CN(C(=O)COc2ccc(I)cc2)[C@H](C)C(=O)NC(C)C)c1. The van der Waals surface area contributed by atoms with Gasteiger partial charge in [0.25, 0.3) is 5.91 Å². The summed E-state index contributed by atoms with van der Waals surface area (Å²) < 4.78 is 6.74. The molecule has 0 bridgehead atoms. The first kappa shape index (κ1) is 22.2. The third kappa shape index (κ3) is 6.82. The molecule has 1 N–H and O–H groups in total. The summed E-state index contributed by atoms with van der Waals surface area (Å²) >= 11 is 2.21. The highest BCUT2D eigenvalue weighted by Gasteiger charge is 2.26. The third-order valence-electron chi connectivity index (χ3n) is 4.21. The number of aryl methyl sites for hydroxylation is 1. The van der Waals surface area contributed by atoms with E-state index in [0.29, 0.717) is 12.3 Å². The normalized spacial score (nSPS) is 11.8. The Kier molecular flexibility index (Phi) is 8.29. The fourth-order valence-corrected chi connectivity index (χ4v) is 3.11. The lowest BCUT2D eigenvalue weighted by atomic mass is 10.1. The number of hydrogen-bond donors (Lipinski definition) is 1. The van der Waals surface area contributed by atoms with E-state index in [1.54, 1.807) is 11.8 Å². The molecule has 0 unspecified atom stereocenters. The average Bonchev–Trinajstić information content (AvgIpc) is 2.64. The zero-order valence-electron chi connectivity index (χ0n) is 16.7. The maximum atomic E-state index is 12.9. The molecule has 0 aliphatic carbocycles. The van der Waals surface area contributed by atoms with Crippen LogP contribution in [0, 0.1) is 10.5 Å². The van der Waals surface area contributed by atoms with E-state index < -0.39 is 6.04 Å². The summed E-state index contributed by atoms with van der Waals surface area (Å²) in [5.74, 6) is 0.222. The first-order chi connectivity index (χ1) is 13.3. The van der Waals surface area contributed by atoms with Crippen LogP contribution in [0.1, 0.15) is 31.9 Å². The molecule has 0 aliphatic heterocycles. The molecular weight excluding hydrogens is 467 g/mol. The van der Waals surface area contributed by atoms with Crippen molar-refractivity contribution in [2.75, 3.05) is 6.61 Å². The van der Waals surface area contributed by atoms with Gasteiger partial charge in [-0.15, -0.1) is 0 Å². The van der Waals surface area contributed by atoms with Crippen LogP contribution in [0.3, 0.4) is 0 Å². The maximum Gasteiger partial charge on any atom is 0.261 e. The number of amides is 2. The second kappa shape index (κ2) is 10.5. The molecule has 150 valence electrons. The first-order valence-electron chi connectivity index (χ1n) is 9.30. The number of hydrogen-bond acceptors (Lipinski definition) is 3. The Labute approximate surface area is 180 Å². The molecule has 0 aliphatic rings. The monoisotopic (exact) mass is 494 g/mol. The highest BCUT2D eigenvalue weighted by molar-refractivity contribution is 14.1. The summed E-state index contributed by atoms with van der Waals surface area (Å²) in [6.45, 7) is 7.78. The van der Waals surface area contributed by atoms with E-state index in [1.165, 1.54) is 0 Å². The van der Waals surface area contributed by atoms with Gasteiger partial charge in [-0.2, -0.15) is 0 Å². The standard InChI is InChI=1S/C22H27IN2O3/c1-15(2)24-22(27)17(4)25(13-18-7-5-6-16(3)12-18)21(26)14-28-20-10-8-19(23)9-11-20/h5-12,15,17H,13-14H2,1-4H3,(H,24,27)/t17-/m1/s1. The maximum absolute atomic E-state index is 12.9. The van der Waals surface area contributed by atoms with E-state index in [-0.39, 0.29) is 24.5 Å². The lowest BCUT2D eigenvalue weighted by Crippen LogP contribution is -2.50. The van der Waals surface area contributed by atoms with Crippen LogP contribution in [-0.4, -0.2) is 35.4 Å². The Morgan fingerprint density at radius 2 is 1.79 bits per heavy atom. The van der Waals surface area contributed by atoms with Crippen molar-refractivity contribution in [2.45, 2.75) is 46.3 Å². The van der Waals surface area contributed by atoms with Crippen molar-refractivity contribution >= 4 is 34.4 Å². The van der Waals surface area contributed by atoms with Gasteiger partial charge in [0.05, 0.1) is 0 Å². The molecule has 0 heterocycles. The summed E-state index contributed by atoms with van der Waals surface area (Å²) in [6, 6.07) is 14.8. The smallest absolute Gasteiger partial charge is 0.261 e.